The highest BCUT2D eigenvalue weighted by atomic mass is 16.5. The molecule has 1 aromatic heterocycles. The minimum absolute atomic E-state index is 0.0123. The van der Waals surface area contributed by atoms with Gasteiger partial charge < -0.3 is 15.2 Å². The van der Waals surface area contributed by atoms with E-state index in [-0.39, 0.29) is 12.1 Å². The molecule has 20 heavy (non-hydrogen) atoms. The van der Waals surface area contributed by atoms with Crippen LogP contribution in [0.1, 0.15) is 51.1 Å². The highest BCUT2D eigenvalue weighted by Crippen LogP contribution is 2.22. The van der Waals surface area contributed by atoms with Crippen molar-refractivity contribution in [2.24, 2.45) is 5.73 Å². The molecule has 1 heterocycles. The molecule has 5 heteroatoms. The number of rotatable bonds is 5. The standard InChI is InChI=1S/C15H25N3O2/c1-3-9-19-14-10-11(2)17-15(18-14)20-13-8-6-4-5-7-12(13)16/h10,12-13H,3-9,16H2,1-2H3. The molecule has 0 aromatic carbocycles. The molecule has 1 fully saturated rings. The van der Waals surface area contributed by atoms with Gasteiger partial charge in [0.2, 0.25) is 5.88 Å². The fourth-order valence-corrected chi connectivity index (χ4v) is 2.43. The van der Waals surface area contributed by atoms with Crippen molar-refractivity contribution in [1.82, 2.24) is 9.97 Å². The molecule has 0 bridgehead atoms. The van der Waals surface area contributed by atoms with Crippen LogP contribution in [0.25, 0.3) is 0 Å². The van der Waals surface area contributed by atoms with E-state index in [1.807, 2.05) is 13.0 Å². The average Bonchev–Trinajstić information content (AvgIpc) is 2.61. The third-order valence-electron chi connectivity index (χ3n) is 3.52. The Hall–Kier alpha value is -1.36. The molecule has 112 valence electrons. The fourth-order valence-electron chi connectivity index (χ4n) is 2.43. The second-order valence-corrected chi connectivity index (χ2v) is 5.44. The number of hydrogen-bond donors (Lipinski definition) is 1. The Bertz CT molecular complexity index is 426. The monoisotopic (exact) mass is 279 g/mol. The number of hydrogen-bond acceptors (Lipinski definition) is 5. The van der Waals surface area contributed by atoms with E-state index in [1.54, 1.807) is 0 Å². The van der Waals surface area contributed by atoms with Crippen LogP contribution in [0.2, 0.25) is 0 Å². The second-order valence-electron chi connectivity index (χ2n) is 5.44. The summed E-state index contributed by atoms with van der Waals surface area (Å²) in [6.45, 7) is 4.63. The quantitative estimate of drug-likeness (QED) is 0.839. The summed E-state index contributed by atoms with van der Waals surface area (Å²) >= 11 is 0. The molecular formula is C15H25N3O2. The third-order valence-corrected chi connectivity index (χ3v) is 3.52. The van der Waals surface area contributed by atoms with Crippen molar-refractivity contribution < 1.29 is 9.47 Å². The summed E-state index contributed by atoms with van der Waals surface area (Å²) in [6.07, 6.45) is 6.52. The van der Waals surface area contributed by atoms with Gasteiger partial charge in [-0.15, -0.1) is 0 Å². The maximum absolute atomic E-state index is 6.17. The van der Waals surface area contributed by atoms with Gasteiger partial charge in [-0.05, 0) is 32.6 Å². The topological polar surface area (TPSA) is 70.3 Å². The minimum Gasteiger partial charge on any atom is -0.478 e. The Balaban J connectivity index is 2.05. The van der Waals surface area contributed by atoms with Gasteiger partial charge in [0, 0.05) is 17.8 Å². The van der Waals surface area contributed by atoms with Crippen LogP contribution in [0.5, 0.6) is 11.9 Å². The molecule has 1 aliphatic rings. The van der Waals surface area contributed by atoms with Gasteiger partial charge in [-0.1, -0.05) is 19.8 Å². The Morgan fingerprint density at radius 3 is 2.85 bits per heavy atom. The van der Waals surface area contributed by atoms with Gasteiger partial charge in [-0.3, -0.25) is 0 Å². The summed E-state index contributed by atoms with van der Waals surface area (Å²) < 4.78 is 11.5. The van der Waals surface area contributed by atoms with Crippen molar-refractivity contribution in [3.63, 3.8) is 0 Å². The summed E-state index contributed by atoms with van der Waals surface area (Å²) in [5, 5.41) is 0. The Morgan fingerprint density at radius 1 is 1.25 bits per heavy atom. The van der Waals surface area contributed by atoms with Crippen LogP contribution >= 0.6 is 0 Å². The van der Waals surface area contributed by atoms with Gasteiger partial charge in [0.15, 0.2) is 0 Å². The van der Waals surface area contributed by atoms with E-state index in [1.165, 1.54) is 12.8 Å². The van der Waals surface area contributed by atoms with Crippen molar-refractivity contribution in [2.45, 2.75) is 64.5 Å². The maximum atomic E-state index is 6.17. The van der Waals surface area contributed by atoms with Crippen LogP contribution in [0.15, 0.2) is 6.07 Å². The first-order chi connectivity index (χ1) is 9.69. The number of nitrogens with two attached hydrogens (primary N) is 1. The molecule has 2 rings (SSSR count). The number of nitrogens with zero attached hydrogens (tertiary/aromatic N) is 2. The lowest BCUT2D eigenvalue weighted by Crippen LogP contribution is -2.38. The first kappa shape index (κ1) is 15.0. The minimum atomic E-state index is 0.0123. The Morgan fingerprint density at radius 2 is 2.05 bits per heavy atom. The highest BCUT2D eigenvalue weighted by Gasteiger charge is 2.23. The van der Waals surface area contributed by atoms with Crippen molar-refractivity contribution in [3.05, 3.63) is 11.8 Å². The molecule has 0 amide bonds. The molecule has 1 aliphatic carbocycles. The smallest absolute Gasteiger partial charge is 0.320 e. The van der Waals surface area contributed by atoms with Crippen LogP contribution in [-0.4, -0.2) is 28.7 Å². The zero-order valence-corrected chi connectivity index (χ0v) is 12.5. The lowest BCUT2D eigenvalue weighted by molar-refractivity contribution is 0.146. The maximum Gasteiger partial charge on any atom is 0.320 e. The van der Waals surface area contributed by atoms with Crippen molar-refractivity contribution in [3.8, 4) is 11.9 Å². The predicted molar refractivity (Wildman–Crippen MR) is 78.0 cm³/mol. The number of aromatic nitrogens is 2. The molecule has 2 unspecified atom stereocenters. The van der Waals surface area contributed by atoms with Crippen LogP contribution in [0, 0.1) is 6.92 Å². The Kier molecular flexibility index (Phi) is 5.59. The first-order valence-electron chi connectivity index (χ1n) is 7.59. The highest BCUT2D eigenvalue weighted by molar-refractivity contribution is 5.17. The summed E-state index contributed by atoms with van der Waals surface area (Å²) in [6, 6.07) is 2.29. The van der Waals surface area contributed by atoms with Crippen molar-refractivity contribution in [2.75, 3.05) is 6.61 Å². The van der Waals surface area contributed by atoms with Crippen LogP contribution < -0.4 is 15.2 Å². The third kappa shape index (κ3) is 4.34. The van der Waals surface area contributed by atoms with E-state index in [2.05, 4.69) is 16.9 Å². The summed E-state index contributed by atoms with van der Waals surface area (Å²) in [4.78, 5) is 8.65. The van der Waals surface area contributed by atoms with Crippen LogP contribution in [0.4, 0.5) is 0 Å². The van der Waals surface area contributed by atoms with Gasteiger partial charge in [0.25, 0.3) is 0 Å². The molecule has 2 N–H and O–H groups in total. The van der Waals surface area contributed by atoms with Crippen LogP contribution in [-0.2, 0) is 0 Å². The zero-order valence-electron chi connectivity index (χ0n) is 12.5. The summed E-state index contributed by atoms with van der Waals surface area (Å²) in [5.74, 6) is 0.580. The lowest BCUT2D eigenvalue weighted by atomic mass is 10.1. The van der Waals surface area contributed by atoms with Gasteiger partial charge in [-0.25, -0.2) is 4.98 Å². The van der Waals surface area contributed by atoms with Crippen molar-refractivity contribution in [1.29, 1.82) is 0 Å². The molecule has 0 spiro atoms. The van der Waals surface area contributed by atoms with E-state index < -0.39 is 0 Å². The SMILES string of the molecule is CCCOc1cc(C)nc(OC2CCCCCC2N)n1. The molecule has 1 saturated carbocycles. The van der Waals surface area contributed by atoms with Crippen LogP contribution in [0.3, 0.4) is 0 Å². The molecule has 0 aliphatic heterocycles. The molecule has 0 radical (unpaired) electrons. The molecule has 5 nitrogen and oxygen atoms in total. The van der Waals surface area contributed by atoms with Crippen molar-refractivity contribution >= 4 is 0 Å². The number of ether oxygens (including phenoxy) is 2. The fraction of sp³-hybridized carbons (Fsp3) is 0.733. The van der Waals surface area contributed by atoms with Gasteiger partial charge >= 0.3 is 6.01 Å². The normalized spacial score (nSPS) is 23.1. The van der Waals surface area contributed by atoms with E-state index >= 15 is 0 Å². The van der Waals surface area contributed by atoms with E-state index in [0.29, 0.717) is 18.5 Å². The Labute approximate surface area is 120 Å². The molecule has 0 saturated heterocycles. The molecule has 1 aromatic rings. The summed E-state index contributed by atoms with van der Waals surface area (Å²) in [7, 11) is 0. The van der Waals surface area contributed by atoms with Gasteiger partial charge in [0.05, 0.1) is 6.61 Å². The predicted octanol–water partition coefficient (Wildman–Crippen LogP) is 2.61. The van der Waals surface area contributed by atoms with E-state index in [9.17, 15) is 0 Å². The number of aryl methyl sites for hydroxylation is 1. The van der Waals surface area contributed by atoms with Gasteiger partial charge in [0.1, 0.15) is 6.10 Å². The molecule has 2 atom stereocenters. The van der Waals surface area contributed by atoms with Gasteiger partial charge in [-0.2, -0.15) is 4.98 Å². The second kappa shape index (κ2) is 7.43. The summed E-state index contributed by atoms with van der Waals surface area (Å²) in [5.41, 5.74) is 7.02. The first-order valence-corrected chi connectivity index (χ1v) is 7.59. The lowest BCUT2D eigenvalue weighted by Gasteiger charge is -2.21. The largest absolute Gasteiger partial charge is 0.478 e. The molecular weight excluding hydrogens is 254 g/mol. The van der Waals surface area contributed by atoms with E-state index in [4.69, 9.17) is 15.2 Å². The zero-order chi connectivity index (χ0) is 14.4. The van der Waals surface area contributed by atoms with E-state index in [0.717, 1.165) is 31.4 Å². The average molecular weight is 279 g/mol.